The topological polar surface area (TPSA) is 36.3 Å². The van der Waals surface area contributed by atoms with Crippen LogP contribution in [0.3, 0.4) is 0 Å². The van der Waals surface area contributed by atoms with Gasteiger partial charge in [-0.3, -0.25) is 4.90 Å². The van der Waals surface area contributed by atoms with E-state index in [9.17, 15) is 0 Å². The van der Waals surface area contributed by atoms with Crippen molar-refractivity contribution in [3.8, 4) is 11.8 Å². The largest absolute Gasteiger partial charge is 0.491 e. The molecule has 18 heavy (non-hydrogen) atoms. The Morgan fingerprint density at radius 3 is 3.06 bits per heavy atom. The van der Waals surface area contributed by atoms with Gasteiger partial charge in [-0.15, -0.1) is 0 Å². The molecule has 1 aliphatic rings. The summed E-state index contributed by atoms with van der Waals surface area (Å²) >= 11 is 2.03. The lowest BCUT2D eigenvalue weighted by atomic mass is 10.2. The van der Waals surface area contributed by atoms with E-state index >= 15 is 0 Å². The number of rotatable bonds is 4. The molecule has 0 aromatic heterocycles. The number of nitriles is 1. The van der Waals surface area contributed by atoms with Crippen LogP contribution in [0.1, 0.15) is 12.0 Å². The lowest BCUT2D eigenvalue weighted by molar-refractivity contribution is 0.219. The number of thioether (sulfide) groups is 1. The molecule has 1 heterocycles. The molecule has 0 bridgehead atoms. The maximum atomic E-state index is 8.96. The predicted octanol–water partition coefficient (Wildman–Crippen LogP) is 2.38. The number of para-hydroxylation sites is 1. The van der Waals surface area contributed by atoms with Gasteiger partial charge in [-0.25, -0.2) is 0 Å². The van der Waals surface area contributed by atoms with Crippen LogP contribution >= 0.6 is 11.8 Å². The molecule has 1 aromatic carbocycles. The van der Waals surface area contributed by atoms with Crippen molar-refractivity contribution in [1.29, 1.82) is 5.26 Å². The second kappa shape index (κ2) is 7.30. The van der Waals surface area contributed by atoms with Crippen molar-refractivity contribution in [3.63, 3.8) is 0 Å². The Bertz CT molecular complexity index is 409. The zero-order valence-corrected chi connectivity index (χ0v) is 11.3. The van der Waals surface area contributed by atoms with Gasteiger partial charge in [0.25, 0.3) is 0 Å². The highest BCUT2D eigenvalue weighted by molar-refractivity contribution is 7.99. The van der Waals surface area contributed by atoms with Gasteiger partial charge in [-0.1, -0.05) is 12.1 Å². The van der Waals surface area contributed by atoms with E-state index in [2.05, 4.69) is 11.0 Å². The molecule has 1 aromatic rings. The fourth-order valence-corrected chi connectivity index (χ4v) is 2.92. The standard InChI is InChI=1S/C14H18N2OS/c15-12-13-4-1-2-5-14(13)17-9-7-16-6-3-10-18-11-8-16/h1-2,4-5H,3,6-11H2. The molecule has 1 saturated heterocycles. The SMILES string of the molecule is N#Cc1ccccc1OCCN1CCCSCC1. The maximum Gasteiger partial charge on any atom is 0.137 e. The first-order valence-electron chi connectivity index (χ1n) is 6.32. The molecule has 0 N–H and O–H groups in total. The van der Waals surface area contributed by atoms with Crippen LogP contribution in [-0.4, -0.2) is 42.6 Å². The highest BCUT2D eigenvalue weighted by Crippen LogP contribution is 2.16. The smallest absolute Gasteiger partial charge is 0.137 e. The van der Waals surface area contributed by atoms with E-state index in [0.29, 0.717) is 17.9 Å². The molecule has 0 radical (unpaired) electrons. The van der Waals surface area contributed by atoms with Gasteiger partial charge in [0.1, 0.15) is 18.4 Å². The summed E-state index contributed by atoms with van der Waals surface area (Å²) in [6.45, 7) is 3.91. The molecule has 0 atom stereocenters. The Balaban J connectivity index is 1.79. The van der Waals surface area contributed by atoms with Crippen LogP contribution in [0.5, 0.6) is 5.75 Å². The molecule has 0 spiro atoms. The first kappa shape index (κ1) is 13.3. The van der Waals surface area contributed by atoms with E-state index in [-0.39, 0.29) is 0 Å². The maximum absolute atomic E-state index is 8.96. The van der Waals surface area contributed by atoms with Gasteiger partial charge < -0.3 is 4.74 Å². The number of hydrogen-bond donors (Lipinski definition) is 0. The molecule has 0 amide bonds. The second-order valence-corrected chi connectivity index (χ2v) is 5.49. The lowest BCUT2D eigenvalue weighted by Gasteiger charge is -2.19. The molecular formula is C14H18N2OS. The van der Waals surface area contributed by atoms with Gasteiger partial charge in [-0.2, -0.15) is 17.0 Å². The molecule has 0 unspecified atom stereocenters. The van der Waals surface area contributed by atoms with Crippen molar-refractivity contribution in [3.05, 3.63) is 29.8 Å². The van der Waals surface area contributed by atoms with Crippen LogP contribution in [-0.2, 0) is 0 Å². The van der Waals surface area contributed by atoms with E-state index in [1.807, 2.05) is 30.0 Å². The van der Waals surface area contributed by atoms with E-state index < -0.39 is 0 Å². The third kappa shape index (κ3) is 3.94. The minimum Gasteiger partial charge on any atom is -0.491 e. The summed E-state index contributed by atoms with van der Waals surface area (Å²) in [5.41, 5.74) is 0.615. The molecule has 0 aliphatic carbocycles. The fraction of sp³-hybridized carbons (Fsp3) is 0.500. The molecular weight excluding hydrogens is 244 g/mol. The summed E-state index contributed by atoms with van der Waals surface area (Å²) in [6.07, 6.45) is 1.26. The summed E-state index contributed by atoms with van der Waals surface area (Å²) < 4.78 is 5.70. The van der Waals surface area contributed by atoms with E-state index in [0.717, 1.165) is 19.6 Å². The van der Waals surface area contributed by atoms with Gasteiger partial charge >= 0.3 is 0 Å². The van der Waals surface area contributed by atoms with E-state index in [1.165, 1.54) is 17.9 Å². The summed E-state index contributed by atoms with van der Waals surface area (Å²) in [4.78, 5) is 2.44. The van der Waals surface area contributed by atoms with Crippen LogP contribution in [0.4, 0.5) is 0 Å². The summed E-state index contributed by atoms with van der Waals surface area (Å²) in [7, 11) is 0. The minimum atomic E-state index is 0.615. The molecule has 96 valence electrons. The highest BCUT2D eigenvalue weighted by atomic mass is 32.2. The van der Waals surface area contributed by atoms with Crippen molar-refractivity contribution in [2.24, 2.45) is 0 Å². The number of benzene rings is 1. The Kier molecular flexibility index (Phi) is 5.37. The molecule has 1 aliphatic heterocycles. The van der Waals surface area contributed by atoms with Crippen LogP contribution in [0.2, 0.25) is 0 Å². The van der Waals surface area contributed by atoms with Crippen molar-refractivity contribution < 1.29 is 4.74 Å². The summed E-state index contributed by atoms with van der Waals surface area (Å²) in [5, 5.41) is 8.96. The van der Waals surface area contributed by atoms with Gasteiger partial charge in [0.05, 0.1) is 5.56 Å². The lowest BCUT2D eigenvalue weighted by Crippen LogP contribution is -2.30. The normalized spacial score (nSPS) is 16.8. The molecule has 4 heteroatoms. The molecule has 1 fully saturated rings. The monoisotopic (exact) mass is 262 g/mol. The third-order valence-corrected chi connectivity index (χ3v) is 4.04. The summed E-state index contributed by atoms with van der Waals surface area (Å²) in [5.74, 6) is 3.19. The quantitative estimate of drug-likeness (QED) is 0.834. The van der Waals surface area contributed by atoms with Crippen molar-refractivity contribution in [2.45, 2.75) is 6.42 Å². The fourth-order valence-electron chi connectivity index (χ4n) is 1.99. The molecule has 2 rings (SSSR count). The van der Waals surface area contributed by atoms with E-state index in [4.69, 9.17) is 10.00 Å². The average Bonchev–Trinajstić information content (AvgIpc) is 2.68. The number of ether oxygens (including phenoxy) is 1. The van der Waals surface area contributed by atoms with Crippen molar-refractivity contribution in [1.82, 2.24) is 4.90 Å². The first-order valence-corrected chi connectivity index (χ1v) is 7.47. The molecule has 3 nitrogen and oxygen atoms in total. The third-order valence-electron chi connectivity index (χ3n) is 2.99. The first-order chi connectivity index (χ1) is 8.90. The Labute approximate surface area is 113 Å². The van der Waals surface area contributed by atoms with E-state index in [1.54, 1.807) is 6.07 Å². The number of nitrogens with zero attached hydrogens (tertiary/aromatic N) is 2. The Morgan fingerprint density at radius 2 is 2.17 bits per heavy atom. The average molecular weight is 262 g/mol. The zero-order valence-electron chi connectivity index (χ0n) is 10.5. The van der Waals surface area contributed by atoms with Gasteiger partial charge in [-0.05, 0) is 30.9 Å². The van der Waals surface area contributed by atoms with Crippen molar-refractivity contribution in [2.75, 3.05) is 37.7 Å². The van der Waals surface area contributed by atoms with Gasteiger partial charge in [0, 0.05) is 18.8 Å². The van der Waals surface area contributed by atoms with Gasteiger partial charge in [0.2, 0.25) is 0 Å². The van der Waals surface area contributed by atoms with Crippen molar-refractivity contribution >= 4 is 11.8 Å². The number of hydrogen-bond acceptors (Lipinski definition) is 4. The highest BCUT2D eigenvalue weighted by Gasteiger charge is 2.09. The molecule has 0 saturated carbocycles. The second-order valence-electron chi connectivity index (χ2n) is 4.26. The van der Waals surface area contributed by atoms with Crippen LogP contribution in [0.15, 0.2) is 24.3 Å². The van der Waals surface area contributed by atoms with Crippen LogP contribution in [0.25, 0.3) is 0 Å². The summed E-state index contributed by atoms with van der Waals surface area (Å²) in [6, 6.07) is 9.56. The zero-order chi connectivity index (χ0) is 12.6. The Morgan fingerprint density at radius 1 is 1.28 bits per heavy atom. The predicted molar refractivity (Wildman–Crippen MR) is 75.0 cm³/mol. The van der Waals surface area contributed by atoms with Crippen LogP contribution in [0, 0.1) is 11.3 Å². The minimum absolute atomic E-state index is 0.615. The Hall–Kier alpha value is -1.18. The van der Waals surface area contributed by atoms with Gasteiger partial charge in [0.15, 0.2) is 0 Å². The van der Waals surface area contributed by atoms with Crippen LogP contribution < -0.4 is 4.74 Å².